The van der Waals surface area contributed by atoms with Crippen LogP contribution in [-0.2, 0) is 0 Å². The number of hydrogen-bond donors (Lipinski definition) is 2. The van der Waals surface area contributed by atoms with Crippen LogP contribution in [0.1, 0.15) is 44.6 Å². The average Bonchev–Trinajstić information content (AvgIpc) is 2.49. The summed E-state index contributed by atoms with van der Waals surface area (Å²) in [5.74, 6) is 1.65. The molecule has 2 heteroatoms. The van der Waals surface area contributed by atoms with E-state index in [4.69, 9.17) is 5.11 Å². The number of aliphatic hydroxyl groups excluding tert-OH is 1. The molecule has 1 unspecified atom stereocenters. The molecule has 0 amide bonds. The van der Waals surface area contributed by atoms with Gasteiger partial charge in [-0.1, -0.05) is 43.3 Å². The Morgan fingerprint density at radius 2 is 1.84 bits per heavy atom. The Balaban J connectivity index is 0.000000399. The van der Waals surface area contributed by atoms with E-state index in [1.54, 1.807) is 13.0 Å². The summed E-state index contributed by atoms with van der Waals surface area (Å²) in [4.78, 5) is 0. The van der Waals surface area contributed by atoms with Gasteiger partial charge in [-0.3, -0.25) is 0 Å². The van der Waals surface area contributed by atoms with Gasteiger partial charge in [0.2, 0.25) is 0 Å². The van der Waals surface area contributed by atoms with Crippen molar-refractivity contribution in [3.8, 4) is 0 Å². The van der Waals surface area contributed by atoms with Crippen LogP contribution in [0.4, 0.5) is 0 Å². The van der Waals surface area contributed by atoms with Crippen LogP contribution in [0.3, 0.4) is 0 Å². The summed E-state index contributed by atoms with van der Waals surface area (Å²) in [7, 11) is 0. The van der Waals surface area contributed by atoms with Crippen molar-refractivity contribution in [2.24, 2.45) is 5.92 Å². The van der Waals surface area contributed by atoms with Gasteiger partial charge in [0.25, 0.3) is 0 Å². The Hall–Kier alpha value is -1.28. The van der Waals surface area contributed by atoms with Gasteiger partial charge in [-0.15, -0.1) is 0 Å². The first-order valence-electron chi connectivity index (χ1n) is 7.29. The predicted octanol–water partition coefficient (Wildman–Crippen LogP) is 4.26. The number of allylic oxidation sites excluding steroid dienone is 1. The van der Waals surface area contributed by atoms with E-state index in [1.807, 2.05) is 0 Å². The quantitative estimate of drug-likeness (QED) is 0.797. The summed E-state index contributed by atoms with van der Waals surface area (Å²) in [5.41, 5.74) is 1.50. The summed E-state index contributed by atoms with van der Waals surface area (Å²) in [6, 6.07) is 10.9. The third kappa shape index (κ3) is 6.44. The largest absolute Gasteiger partial charge is 0.516 e. The normalized spacial score (nSPS) is 17.8. The van der Waals surface area contributed by atoms with Gasteiger partial charge in [0, 0.05) is 0 Å². The molecule has 1 atom stereocenters. The molecule has 1 heterocycles. The molecule has 2 rings (SSSR count). The molecular weight excluding hydrogens is 234 g/mol. The van der Waals surface area contributed by atoms with E-state index in [9.17, 15) is 0 Å². The highest BCUT2D eigenvalue weighted by Gasteiger charge is 2.16. The monoisotopic (exact) mass is 261 g/mol. The molecule has 1 saturated heterocycles. The fraction of sp³-hybridized carbons (Fsp3) is 0.529. The standard InChI is InChI=1S/C14H21N.C3H6O/c1-12(14-5-3-2-4-6-14)11-13-7-9-15-10-8-13;1-2-3-4/h2-6,12-13,15H,7-11H2,1H3;2-4H,1H3/b;3-2+. The molecule has 19 heavy (non-hydrogen) atoms. The topological polar surface area (TPSA) is 32.3 Å². The zero-order valence-corrected chi connectivity index (χ0v) is 12.2. The highest BCUT2D eigenvalue weighted by Crippen LogP contribution is 2.27. The highest BCUT2D eigenvalue weighted by atomic mass is 16.2. The van der Waals surface area contributed by atoms with Crippen LogP contribution >= 0.6 is 0 Å². The third-order valence-corrected chi connectivity index (χ3v) is 3.66. The van der Waals surface area contributed by atoms with E-state index in [2.05, 4.69) is 42.6 Å². The summed E-state index contributed by atoms with van der Waals surface area (Å²) in [6.07, 6.45) is 6.63. The number of hydrogen-bond acceptors (Lipinski definition) is 2. The molecule has 0 spiro atoms. The third-order valence-electron chi connectivity index (χ3n) is 3.66. The lowest BCUT2D eigenvalue weighted by Crippen LogP contribution is -2.28. The van der Waals surface area contributed by atoms with Crippen LogP contribution in [0.25, 0.3) is 0 Å². The van der Waals surface area contributed by atoms with Crippen molar-refractivity contribution in [2.75, 3.05) is 13.1 Å². The van der Waals surface area contributed by atoms with Crippen LogP contribution in [-0.4, -0.2) is 18.2 Å². The number of nitrogens with one attached hydrogen (secondary N) is 1. The second-order valence-corrected chi connectivity index (χ2v) is 5.22. The molecule has 106 valence electrons. The van der Waals surface area contributed by atoms with Crippen molar-refractivity contribution >= 4 is 0 Å². The molecule has 1 aliphatic rings. The second-order valence-electron chi connectivity index (χ2n) is 5.22. The average molecular weight is 261 g/mol. The summed E-state index contributed by atoms with van der Waals surface area (Å²) in [6.45, 7) is 6.54. The van der Waals surface area contributed by atoms with Gasteiger partial charge in [0.15, 0.2) is 0 Å². The van der Waals surface area contributed by atoms with Crippen molar-refractivity contribution < 1.29 is 5.11 Å². The maximum absolute atomic E-state index is 7.69. The van der Waals surface area contributed by atoms with Gasteiger partial charge in [0.05, 0.1) is 6.26 Å². The fourth-order valence-electron chi connectivity index (χ4n) is 2.54. The Labute approximate surface area is 117 Å². The Bertz CT molecular complexity index is 338. The van der Waals surface area contributed by atoms with Crippen molar-refractivity contribution in [3.05, 3.63) is 48.2 Å². The maximum atomic E-state index is 7.69. The lowest BCUT2D eigenvalue weighted by molar-refractivity contribution is 0.337. The van der Waals surface area contributed by atoms with E-state index in [1.165, 1.54) is 37.9 Å². The van der Waals surface area contributed by atoms with Gasteiger partial charge in [-0.2, -0.15) is 0 Å². The first-order valence-corrected chi connectivity index (χ1v) is 7.29. The van der Waals surface area contributed by atoms with Crippen molar-refractivity contribution in [1.29, 1.82) is 0 Å². The van der Waals surface area contributed by atoms with Crippen molar-refractivity contribution in [2.45, 2.75) is 39.0 Å². The Kier molecular flexibility index (Phi) is 7.99. The first-order chi connectivity index (χ1) is 9.27. The van der Waals surface area contributed by atoms with Crippen LogP contribution in [0.5, 0.6) is 0 Å². The summed E-state index contributed by atoms with van der Waals surface area (Å²) >= 11 is 0. The molecule has 0 bridgehead atoms. The minimum Gasteiger partial charge on any atom is -0.516 e. The maximum Gasteiger partial charge on any atom is 0.0748 e. The summed E-state index contributed by atoms with van der Waals surface area (Å²) < 4.78 is 0. The van der Waals surface area contributed by atoms with Crippen molar-refractivity contribution in [1.82, 2.24) is 5.32 Å². The molecule has 2 nitrogen and oxygen atoms in total. The number of rotatable bonds is 3. The van der Waals surface area contributed by atoms with E-state index < -0.39 is 0 Å². The molecule has 0 radical (unpaired) electrons. The Morgan fingerprint density at radius 1 is 1.26 bits per heavy atom. The minimum absolute atomic E-state index is 0.717. The molecule has 0 aromatic heterocycles. The van der Waals surface area contributed by atoms with Crippen molar-refractivity contribution in [3.63, 3.8) is 0 Å². The van der Waals surface area contributed by atoms with E-state index in [-0.39, 0.29) is 0 Å². The molecular formula is C17H27NO. The minimum atomic E-state index is 0.717. The van der Waals surface area contributed by atoms with Gasteiger partial charge < -0.3 is 10.4 Å². The van der Waals surface area contributed by atoms with Gasteiger partial charge in [-0.25, -0.2) is 0 Å². The fourth-order valence-corrected chi connectivity index (χ4v) is 2.54. The highest BCUT2D eigenvalue weighted by molar-refractivity contribution is 5.18. The van der Waals surface area contributed by atoms with E-state index >= 15 is 0 Å². The van der Waals surface area contributed by atoms with Crippen LogP contribution in [0.15, 0.2) is 42.7 Å². The van der Waals surface area contributed by atoms with Gasteiger partial charge in [-0.05, 0) is 56.7 Å². The second kappa shape index (κ2) is 9.62. The van der Waals surface area contributed by atoms with E-state index in [0.717, 1.165) is 12.2 Å². The Morgan fingerprint density at radius 3 is 2.37 bits per heavy atom. The lowest BCUT2D eigenvalue weighted by Gasteiger charge is -2.25. The smallest absolute Gasteiger partial charge is 0.0748 e. The number of benzene rings is 1. The molecule has 1 fully saturated rings. The van der Waals surface area contributed by atoms with Crippen LogP contribution in [0.2, 0.25) is 0 Å². The van der Waals surface area contributed by atoms with E-state index in [0.29, 0.717) is 5.92 Å². The van der Waals surface area contributed by atoms with Gasteiger partial charge >= 0.3 is 0 Å². The van der Waals surface area contributed by atoms with Crippen LogP contribution < -0.4 is 5.32 Å². The molecule has 2 N–H and O–H groups in total. The zero-order chi connectivity index (χ0) is 13.9. The molecule has 1 aliphatic heterocycles. The number of piperidine rings is 1. The first kappa shape index (κ1) is 15.8. The SMILES string of the molecule is C/C=C/O.CC(CC1CCNCC1)c1ccccc1. The molecule has 0 aliphatic carbocycles. The molecule has 1 aromatic rings. The lowest BCUT2D eigenvalue weighted by atomic mass is 9.85. The number of aliphatic hydroxyl groups is 1. The van der Waals surface area contributed by atoms with Crippen LogP contribution in [0, 0.1) is 5.92 Å². The summed E-state index contributed by atoms with van der Waals surface area (Å²) in [5, 5.41) is 11.1. The predicted molar refractivity (Wildman–Crippen MR) is 82.5 cm³/mol. The van der Waals surface area contributed by atoms with Gasteiger partial charge in [0.1, 0.15) is 0 Å². The zero-order valence-electron chi connectivity index (χ0n) is 12.2. The molecule has 1 aromatic carbocycles. The molecule has 0 saturated carbocycles.